The molecule has 6 heterocycles. The van der Waals surface area contributed by atoms with Crippen molar-refractivity contribution in [2.45, 2.75) is 13.8 Å². The third kappa shape index (κ3) is 5.18. The molecule has 0 spiro atoms. The van der Waals surface area contributed by atoms with Crippen molar-refractivity contribution in [1.29, 1.82) is 0 Å². The minimum Gasteiger partial charge on any atom is -0.454 e. The Morgan fingerprint density at radius 2 is 0.770 bits per heavy atom. The smallest absolute Gasteiger partial charge is 0.159 e. The van der Waals surface area contributed by atoms with Crippen LogP contribution in [0.25, 0.3) is 120 Å². The number of aromatic nitrogens is 2. The SMILES string of the molecule is Cc1ccccc1N(c1ccc2c(c1)c1cccc3c4cc5c(cc4n2c13)c1cccc2c3cc(N(c4ccccc4)c4c(C)ccc6c4oc4ccccc46)ccc3n5c21)c1cccc2c1oc1ccccc12. The van der Waals surface area contributed by atoms with Gasteiger partial charge in [0.1, 0.15) is 11.2 Å². The van der Waals surface area contributed by atoms with Gasteiger partial charge in [-0.2, -0.15) is 0 Å². The molecule has 0 saturated carbocycles. The maximum absolute atomic E-state index is 6.73. The molecule has 0 fully saturated rings. The van der Waals surface area contributed by atoms with Crippen molar-refractivity contribution in [3.63, 3.8) is 0 Å². The highest BCUT2D eigenvalue weighted by Gasteiger charge is 2.27. The van der Waals surface area contributed by atoms with Crippen LogP contribution < -0.4 is 9.80 Å². The number of para-hydroxylation sites is 7. The lowest BCUT2D eigenvalue weighted by molar-refractivity contribution is 0.668. The summed E-state index contributed by atoms with van der Waals surface area (Å²) < 4.78 is 18.5. The summed E-state index contributed by atoms with van der Waals surface area (Å²) >= 11 is 0. The molecule has 0 saturated heterocycles. The number of nitrogens with zero attached hydrogens (tertiary/aromatic N) is 4. The molecule has 6 nitrogen and oxygen atoms in total. The molecule has 6 heteroatoms. The minimum absolute atomic E-state index is 0.875. The first-order valence-electron chi connectivity index (χ1n) is 25.4. The fourth-order valence-electron chi connectivity index (χ4n) is 13.0. The summed E-state index contributed by atoms with van der Waals surface area (Å²) in [6, 6.07) is 79.5. The molecule has 0 unspecified atom stereocenters. The summed E-state index contributed by atoms with van der Waals surface area (Å²) in [5, 5.41) is 14.4. The van der Waals surface area contributed by atoms with Crippen molar-refractivity contribution in [2.24, 2.45) is 0 Å². The van der Waals surface area contributed by atoms with Gasteiger partial charge in [0.15, 0.2) is 11.2 Å². The van der Waals surface area contributed by atoms with Crippen LogP contribution in [0, 0.1) is 13.8 Å². The van der Waals surface area contributed by atoms with Gasteiger partial charge >= 0.3 is 0 Å². The number of fused-ring (bicyclic) bond motifs is 18. The largest absolute Gasteiger partial charge is 0.454 e. The Morgan fingerprint density at radius 1 is 0.297 bits per heavy atom. The van der Waals surface area contributed by atoms with E-state index in [0.717, 1.165) is 83.6 Å². The minimum atomic E-state index is 0.875. The van der Waals surface area contributed by atoms with Crippen LogP contribution in [0.5, 0.6) is 0 Å². The fourth-order valence-corrected chi connectivity index (χ4v) is 13.0. The van der Waals surface area contributed by atoms with Gasteiger partial charge in [0.2, 0.25) is 0 Å². The highest BCUT2D eigenvalue weighted by Crippen LogP contribution is 2.50. The van der Waals surface area contributed by atoms with E-state index in [-0.39, 0.29) is 0 Å². The summed E-state index contributed by atoms with van der Waals surface area (Å²) in [4.78, 5) is 4.76. The molecule has 0 aliphatic rings. The van der Waals surface area contributed by atoms with Gasteiger partial charge in [0.05, 0.1) is 44.5 Å². The third-order valence-corrected chi connectivity index (χ3v) is 16.2. The normalized spacial score (nSPS) is 12.5. The van der Waals surface area contributed by atoms with E-state index in [4.69, 9.17) is 8.83 Å². The zero-order valence-corrected chi connectivity index (χ0v) is 40.4. The Balaban J connectivity index is 0.867. The van der Waals surface area contributed by atoms with Crippen LogP contribution in [-0.4, -0.2) is 8.80 Å². The number of hydrogen-bond acceptors (Lipinski definition) is 4. The summed E-state index contributed by atoms with van der Waals surface area (Å²) in [6.07, 6.45) is 0. The molecule has 0 aliphatic carbocycles. The number of rotatable bonds is 6. The van der Waals surface area contributed by atoms with E-state index < -0.39 is 0 Å². The lowest BCUT2D eigenvalue weighted by atomic mass is 10.0. The molecular weight excluding hydrogens is 905 g/mol. The second kappa shape index (κ2) is 14.4. The first kappa shape index (κ1) is 39.9. The van der Waals surface area contributed by atoms with Crippen molar-refractivity contribution in [3.8, 4) is 0 Å². The molecule has 0 bridgehead atoms. The van der Waals surface area contributed by atoms with E-state index in [1.54, 1.807) is 0 Å². The first-order chi connectivity index (χ1) is 36.6. The predicted octanol–water partition coefficient (Wildman–Crippen LogP) is 19.3. The maximum Gasteiger partial charge on any atom is 0.159 e. The van der Waals surface area contributed by atoms with Gasteiger partial charge in [0, 0.05) is 87.4 Å². The zero-order chi connectivity index (χ0) is 48.5. The molecule has 0 atom stereocenters. The molecular formula is C68H42N4O2. The molecule has 0 amide bonds. The van der Waals surface area contributed by atoms with Crippen LogP contribution in [0.15, 0.2) is 227 Å². The van der Waals surface area contributed by atoms with E-state index in [9.17, 15) is 0 Å². The number of hydrogen-bond donors (Lipinski definition) is 0. The summed E-state index contributed by atoms with van der Waals surface area (Å²) in [7, 11) is 0. The standard InChI is InChI=1S/C68H42N4O2/c1-39-15-6-9-25-56(39)70(59-26-14-24-50-44-18-7-10-27-62(44)73-67(50)59)43-31-34-58-53(36-43)47-21-13-23-49-55-37-60-54(38-61(55)72(58)66(47)49)48-22-12-20-46-52-35-42(30-33-57(52)71(60)65(46)48)69(41-16-4-3-5-17-41)64-40(2)29-32-51-45-19-8-11-28-63(45)74-68(51)64/h3-38H,1-2H3. The van der Waals surface area contributed by atoms with Gasteiger partial charge in [-0.05, 0) is 110 Å². The first-order valence-corrected chi connectivity index (χ1v) is 25.4. The summed E-state index contributed by atoms with van der Waals surface area (Å²) in [5.74, 6) is 0. The fraction of sp³-hybridized carbons (Fsp3) is 0.0294. The molecule has 11 aromatic carbocycles. The molecule has 17 aromatic rings. The molecule has 346 valence electrons. The number of aryl methyl sites for hydroxylation is 2. The van der Waals surface area contributed by atoms with Crippen molar-refractivity contribution in [3.05, 3.63) is 230 Å². The molecule has 0 N–H and O–H groups in total. The summed E-state index contributed by atoms with van der Waals surface area (Å²) in [6.45, 7) is 4.37. The van der Waals surface area contributed by atoms with E-state index in [1.807, 2.05) is 12.1 Å². The Kier molecular flexibility index (Phi) is 7.78. The lowest BCUT2D eigenvalue weighted by Gasteiger charge is -2.27. The van der Waals surface area contributed by atoms with Gasteiger partial charge in [-0.1, -0.05) is 133 Å². The number of benzene rings is 11. The monoisotopic (exact) mass is 946 g/mol. The highest BCUT2D eigenvalue weighted by atomic mass is 16.3. The molecule has 6 aromatic heterocycles. The lowest BCUT2D eigenvalue weighted by Crippen LogP contribution is -2.11. The van der Waals surface area contributed by atoms with E-state index >= 15 is 0 Å². The van der Waals surface area contributed by atoms with Crippen molar-refractivity contribution in [1.82, 2.24) is 8.80 Å². The van der Waals surface area contributed by atoms with Crippen LogP contribution in [0.3, 0.4) is 0 Å². The Labute approximate surface area is 423 Å². The highest BCUT2D eigenvalue weighted by molar-refractivity contribution is 6.29. The van der Waals surface area contributed by atoms with Gasteiger partial charge in [0.25, 0.3) is 0 Å². The van der Waals surface area contributed by atoms with Crippen LogP contribution >= 0.6 is 0 Å². The van der Waals surface area contributed by atoms with Gasteiger partial charge in [-0.25, -0.2) is 0 Å². The van der Waals surface area contributed by atoms with Gasteiger partial charge in [-0.3, -0.25) is 0 Å². The van der Waals surface area contributed by atoms with Crippen molar-refractivity contribution in [2.75, 3.05) is 9.80 Å². The maximum atomic E-state index is 6.73. The Morgan fingerprint density at radius 3 is 1.39 bits per heavy atom. The van der Waals surface area contributed by atoms with E-state index in [1.165, 1.54) is 81.8 Å². The van der Waals surface area contributed by atoms with Gasteiger partial charge < -0.3 is 27.4 Å². The molecule has 17 rings (SSSR count). The van der Waals surface area contributed by atoms with E-state index in [0.29, 0.717) is 0 Å². The second-order valence-electron chi connectivity index (χ2n) is 20.1. The van der Waals surface area contributed by atoms with Crippen LogP contribution in [0.2, 0.25) is 0 Å². The number of anilines is 6. The average molecular weight is 947 g/mol. The van der Waals surface area contributed by atoms with E-state index in [2.05, 4.69) is 239 Å². The van der Waals surface area contributed by atoms with Crippen molar-refractivity contribution >= 4 is 154 Å². The average Bonchev–Trinajstić information content (AvgIpc) is 4.31. The summed E-state index contributed by atoms with van der Waals surface area (Å²) in [5.41, 5.74) is 19.6. The second-order valence-corrected chi connectivity index (χ2v) is 20.1. The number of furan rings is 2. The Bertz CT molecular complexity index is 5020. The molecule has 0 radical (unpaired) electrons. The van der Waals surface area contributed by atoms with Crippen LogP contribution in [0.4, 0.5) is 34.1 Å². The quantitative estimate of drug-likeness (QED) is 0.167. The Hall–Kier alpha value is -9.78. The van der Waals surface area contributed by atoms with Gasteiger partial charge in [-0.15, -0.1) is 0 Å². The van der Waals surface area contributed by atoms with Crippen LogP contribution in [0.1, 0.15) is 11.1 Å². The third-order valence-electron chi connectivity index (χ3n) is 16.2. The zero-order valence-electron chi connectivity index (χ0n) is 40.4. The molecule has 74 heavy (non-hydrogen) atoms. The van der Waals surface area contributed by atoms with Crippen LogP contribution in [-0.2, 0) is 0 Å². The topological polar surface area (TPSA) is 41.6 Å². The van der Waals surface area contributed by atoms with Crippen molar-refractivity contribution < 1.29 is 8.83 Å². The predicted molar refractivity (Wildman–Crippen MR) is 309 cm³/mol. The molecule has 0 aliphatic heterocycles.